The van der Waals surface area contributed by atoms with Crippen LogP contribution in [0.2, 0.25) is 0 Å². The molecular weight excluding hydrogens is 331 g/mol. The minimum atomic E-state index is -0.650. The number of carbonyl (C=O) groups excluding carboxylic acids is 1. The number of nitrogens with one attached hydrogen (secondary N) is 1. The molecule has 2 aromatic carbocycles. The second-order valence-electron chi connectivity index (χ2n) is 4.55. The van der Waals surface area contributed by atoms with Crippen LogP contribution in [0.5, 0.6) is 11.5 Å². The highest BCUT2D eigenvalue weighted by Gasteiger charge is 2.11. The van der Waals surface area contributed by atoms with Crippen molar-refractivity contribution in [1.29, 1.82) is 5.26 Å². The molecule has 6 nitrogen and oxygen atoms in total. The molecule has 24 heavy (non-hydrogen) atoms. The first-order valence-corrected chi connectivity index (χ1v) is 7.59. The summed E-state index contributed by atoms with van der Waals surface area (Å²) >= 11 is 1.21. The number of aromatic nitrogens is 2. The quantitative estimate of drug-likeness (QED) is 0.784. The van der Waals surface area contributed by atoms with Gasteiger partial charge >= 0.3 is 0 Å². The van der Waals surface area contributed by atoms with Gasteiger partial charge in [0.05, 0.1) is 0 Å². The first-order chi connectivity index (χ1) is 11.7. The van der Waals surface area contributed by atoms with E-state index in [2.05, 4.69) is 15.5 Å². The number of hydrogen-bond acceptors (Lipinski definition) is 6. The number of nitriles is 1. The van der Waals surface area contributed by atoms with E-state index in [0.717, 1.165) is 0 Å². The molecule has 0 fully saturated rings. The van der Waals surface area contributed by atoms with Gasteiger partial charge in [-0.3, -0.25) is 10.1 Å². The maximum absolute atomic E-state index is 13.5. The predicted octanol–water partition coefficient (Wildman–Crippen LogP) is 3.59. The summed E-state index contributed by atoms with van der Waals surface area (Å²) in [6.07, 6.45) is 0. The fraction of sp³-hybridized carbons (Fsp3) is 0. The lowest BCUT2D eigenvalue weighted by Crippen LogP contribution is -2.11. The second kappa shape index (κ2) is 6.85. The van der Waals surface area contributed by atoms with Gasteiger partial charge in [0.2, 0.25) is 5.13 Å². The van der Waals surface area contributed by atoms with Gasteiger partial charge in [0, 0.05) is 5.56 Å². The molecule has 3 rings (SSSR count). The van der Waals surface area contributed by atoms with E-state index < -0.39 is 5.82 Å². The Labute approximate surface area is 140 Å². The van der Waals surface area contributed by atoms with Crippen LogP contribution in [0.1, 0.15) is 15.9 Å². The third kappa shape index (κ3) is 3.37. The van der Waals surface area contributed by atoms with Crippen LogP contribution in [0.15, 0.2) is 48.0 Å². The molecule has 1 amide bonds. The number of carbonyl (C=O) groups is 1. The Morgan fingerprint density at radius 3 is 2.71 bits per heavy atom. The normalized spacial score (nSPS) is 10.0. The molecule has 8 heteroatoms. The smallest absolute Gasteiger partial charge is 0.257 e. The van der Waals surface area contributed by atoms with Crippen LogP contribution in [-0.2, 0) is 0 Å². The van der Waals surface area contributed by atoms with Gasteiger partial charge in [0.25, 0.3) is 5.91 Å². The predicted molar refractivity (Wildman–Crippen MR) is 85.5 cm³/mol. The van der Waals surface area contributed by atoms with Gasteiger partial charge in [-0.05, 0) is 36.4 Å². The fourth-order valence-corrected chi connectivity index (χ4v) is 2.34. The third-order valence-electron chi connectivity index (χ3n) is 3.01. The number of hydrogen-bond donors (Lipinski definition) is 1. The molecule has 1 heterocycles. The average Bonchev–Trinajstić information content (AvgIpc) is 3.09. The van der Waals surface area contributed by atoms with E-state index in [4.69, 9.17) is 10.00 Å². The number of benzene rings is 2. The molecule has 0 radical (unpaired) electrons. The molecule has 118 valence electrons. The summed E-state index contributed by atoms with van der Waals surface area (Å²) in [5.41, 5.74) is 1.74. The van der Waals surface area contributed by atoms with Crippen molar-refractivity contribution in [2.45, 2.75) is 0 Å². The van der Waals surface area contributed by atoms with Crippen molar-refractivity contribution in [2.24, 2.45) is 0 Å². The Bertz CT molecular complexity index is 905. The molecule has 3 aromatic rings. The van der Waals surface area contributed by atoms with Crippen LogP contribution < -0.4 is 10.1 Å². The lowest BCUT2D eigenvalue weighted by Gasteiger charge is -2.08. The van der Waals surface area contributed by atoms with Crippen molar-refractivity contribution in [1.82, 2.24) is 10.2 Å². The summed E-state index contributed by atoms with van der Waals surface area (Å²) in [7, 11) is 0. The molecular formula is C16H9FN4O2S. The molecule has 1 N–H and O–H groups in total. The SMILES string of the molecule is N#Cc1c(F)cccc1Oc1ccc(C(=O)Nc2nncs2)cc1. The van der Waals surface area contributed by atoms with Crippen LogP contribution >= 0.6 is 11.3 Å². The average molecular weight is 340 g/mol. The van der Waals surface area contributed by atoms with Crippen molar-refractivity contribution in [3.05, 3.63) is 64.9 Å². The zero-order valence-corrected chi connectivity index (χ0v) is 12.9. The molecule has 0 saturated heterocycles. The Morgan fingerprint density at radius 1 is 1.25 bits per heavy atom. The second-order valence-corrected chi connectivity index (χ2v) is 5.38. The van der Waals surface area contributed by atoms with Crippen molar-refractivity contribution in [3.63, 3.8) is 0 Å². The topological polar surface area (TPSA) is 87.9 Å². The first kappa shape index (κ1) is 15.6. The fourth-order valence-electron chi connectivity index (χ4n) is 1.90. The zero-order chi connectivity index (χ0) is 16.9. The van der Waals surface area contributed by atoms with Crippen LogP contribution in [-0.4, -0.2) is 16.1 Å². The van der Waals surface area contributed by atoms with Crippen LogP contribution in [0.25, 0.3) is 0 Å². The highest BCUT2D eigenvalue weighted by atomic mass is 32.1. The van der Waals surface area contributed by atoms with E-state index in [9.17, 15) is 9.18 Å². The van der Waals surface area contributed by atoms with E-state index >= 15 is 0 Å². The van der Waals surface area contributed by atoms with Gasteiger partial charge in [-0.1, -0.05) is 17.4 Å². The van der Waals surface area contributed by atoms with Gasteiger partial charge in [0.1, 0.15) is 34.5 Å². The van der Waals surface area contributed by atoms with Gasteiger partial charge in [-0.15, -0.1) is 10.2 Å². The van der Waals surface area contributed by atoms with Crippen molar-refractivity contribution >= 4 is 22.4 Å². The number of rotatable bonds is 4. The number of ether oxygens (including phenoxy) is 1. The Hall–Kier alpha value is -3.31. The molecule has 0 aliphatic carbocycles. The standard InChI is InChI=1S/C16H9FN4O2S/c17-13-2-1-3-14(12(13)8-18)23-11-6-4-10(5-7-11)15(22)20-16-21-19-9-24-16/h1-7,9H,(H,20,21,22). The van der Waals surface area contributed by atoms with E-state index in [-0.39, 0.29) is 17.2 Å². The highest BCUT2D eigenvalue weighted by molar-refractivity contribution is 7.13. The zero-order valence-electron chi connectivity index (χ0n) is 12.1. The van der Waals surface area contributed by atoms with Gasteiger partial charge < -0.3 is 4.74 Å². The minimum absolute atomic E-state index is 0.114. The van der Waals surface area contributed by atoms with Crippen LogP contribution in [0, 0.1) is 17.1 Å². The highest BCUT2D eigenvalue weighted by Crippen LogP contribution is 2.27. The maximum Gasteiger partial charge on any atom is 0.257 e. The van der Waals surface area contributed by atoms with Gasteiger partial charge in [-0.2, -0.15) is 5.26 Å². The molecule has 0 saturated carbocycles. The summed E-state index contributed by atoms with van der Waals surface area (Å²) in [6.45, 7) is 0. The molecule has 1 aromatic heterocycles. The summed E-state index contributed by atoms with van der Waals surface area (Å²) in [6, 6.07) is 12.1. The first-order valence-electron chi connectivity index (χ1n) is 6.71. The number of anilines is 1. The molecule has 0 spiro atoms. The largest absolute Gasteiger partial charge is 0.456 e. The van der Waals surface area contributed by atoms with Crippen LogP contribution in [0.4, 0.5) is 9.52 Å². The lowest BCUT2D eigenvalue weighted by molar-refractivity contribution is 0.102. The third-order valence-corrected chi connectivity index (χ3v) is 3.62. The van der Waals surface area contributed by atoms with Crippen LogP contribution in [0.3, 0.4) is 0 Å². The molecule has 0 bridgehead atoms. The molecule has 0 aliphatic heterocycles. The minimum Gasteiger partial charge on any atom is -0.456 e. The number of nitrogens with zero attached hydrogens (tertiary/aromatic N) is 3. The molecule has 0 atom stereocenters. The summed E-state index contributed by atoms with van der Waals surface area (Å²) in [4.78, 5) is 12.0. The van der Waals surface area contributed by atoms with Crippen molar-refractivity contribution < 1.29 is 13.9 Å². The van der Waals surface area contributed by atoms with Crippen molar-refractivity contribution in [2.75, 3.05) is 5.32 Å². The molecule has 0 aliphatic rings. The summed E-state index contributed by atoms with van der Waals surface area (Å²) in [5, 5.41) is 19.3. The maximum atomic E-state index is 13.5. The van der Waals surface area contributed by atoms with E-state index in [1.165, 1.54) is 35.0 Å². The molecule has 0 unspecified atom stereocenters. The van der Waals surface area contributed by atoms with Gasteiger partial charge in [-0.25, -0.2) is 4.39 Å². The Kier molecular flexibility index (Phi) is 4.45. The van der Waals surface area contributed by atoms with Crippen molar-refractivity contribution in [3.8, 4) is 17.6 Å². The summed E-state index contributed by atoms with van der Waals surface area (Å²) < 4.78 is 19.0. The number of amides is 1. The lowest BCUT2D eigenvalue weighted by atomic mass is 10.2. The summed E-state index contributed by atoms with van der Waals surface area (Å²) in [5.74, 6) is -0.488. The van der Waals surface area contributed by atoms with E-state index in [0.29, 0.717) is 16.4 Å². The van der Waals surface area contributed by atoms with E-state index in [1.54, 1.807) is 30.3 Å². The number of halogens is 1. The van der Waals surface area contributed by atoms with Gasteiger partial charge in [0.15, 0.2) is 0 Å². The Balaban J connectivity index is 1.75. The van der Waals surface area contributed by atoms with E-state index in [1.807, 2.05) is 0 Å². The monoisotopic (exact) mass is 340 g/mol. The Morgan fingerprint density at radius 2 is 2.04 bits per heavy atom.